The summed E-state index contributed by atoms with van der Waals surface area (Å²) >= 11 is 0. The number of rotatable bonds is 2. The highest BCUT2D eigenvalue weighted by atomic mass is 16.2. The number of anilines is 1. The second kappa shape index (κ2) is 4.18. The third-order valence-corrected chi connectivity index (χ3v) is 4.26. The summed E-state index contributed by atoms with van der Waals surface area (Å²) in [7, 11) is 1.84. The van der Waals surface area contributed by atoms with Crippen LogP contribution in [0.1, 0.15) is 0 Å². The normalized spacial score (nSPS) is 19.8. The predicted molar refractivity (Wildman–Crippen MR) is 75.3 cm³/mol. The Kier molecular flexibility index (Phi) is 2.41. The van der Waals surface area contributed by atoms with E-state index in [1.165, 1.54) is 0 Å². The lowest BCUT2D eigenvalue weighted by Crippen LogP contribution is -2.69. The summed E-state index contributed by atoms with van der Waals surface area (Å²) in [6.45, 7) is 2.24. The predicted octanol–water partition coefficient (Wildman–Crippen LogP) is -0.124. The van der Waals surface area contributed by atoms with E-state index in [1.54, 1.807) is 22.1 Å². The lowest BCUT2D eigenvalue weighted by Gasteiger charge is -2.51. The SMILES string of the molecule is CN1C(=O)NCC12CN(c1cc(-n3cccn3)ncn1)C2. The summed E-state index contributed by atoms with van der Waals surface area (Å²) < 4.78 is 1.70. The molecule has 0 aliphatic carbocycles. The van der Waals surface area contributed by atoms with Crippen LogP contribution >= 0.6 is 0 Å². The van der Waals surface area contributed by atoms with Crippen LogP contribution in [0.15, 0.2) is 30.9 Å². The number of hydrogen-bond donors (Lipinski definition) is 1. The maximum atomic E-state index is 11.6. The van der Waals surface area contributed by atoms with Crippen LogP contribution in [0, 0.1) is 0 Å². The van der Waals surface area contributed by atoms with Gasteiger partial charge in [-0.3, -0.25) is 0 Å². The topological polar surface area (TPSA) is 79.2 Å². The Morgan fingerprint density at radius 1 is 1.29 bits per heavy atom. The van der Waals surface area contributed by atoms with E-state index in [4.69, 9.17) is 0 Å². The molecular formula is C13H15N7O. The summed E-state index contributed by atoms with van der Waals surface area (Å²) in [5.74, 6) is 1.59. The van der Waals surface area contributed by atoms with Crippen molar-refractivity contribution in [3.63, 3.8) is 0 Å². The first-order valence-corrected chi connectivity index (χ1v) is 6.77. The molecule has 2 aromatic rings. The van der Waals surface area contributed by atoms with E-state index < -0.39 is 0 Å². The summed E-state index contributed by atoms with van der Waals surface area (Å²) in [6, 6.07) is 3.75. The Morgan fingerprint density at radius 2 is 2.10 bits per heavy atom. The quantitative estimate of drug-likeness (QED) is 0.832. The van der Waals surface area contributed by atoms with Gasteiger partial charge in [0.05, 0.1) is 5.54 Å². The lowest BCUT2D eigenvalue weighted by atomic mass is 9.89. The first kappa shape index (κ1) is 12.1. The van der Waals surface area contributed by atoms with Crippen molar-refractivity contribution in [3.05, 3.63) is 30.9 Å². The lowest BCUT2D eigenvalue weighted by molar-refractivity contribution is 0.151. The Balaban J connectivity index is 1.54. The number of urea groups is 1. The minimum absolute atomic E-state index is 0.00503. The number of nitrogens with one attached hydrogen (secondary N) is 1. The molecule has 2 saturated heterocycles. The Bertz CT molecular complexity index is 678. The number of aromatic nitrogens is 4. The van der Waals surface area contributed by atoms with E-state index in [9.17, 15) is 4.79 Å². The van der Waals surface area contributed by atoms with E-state index >= 15 is 0 Å². The number of carbonyl (C=O) groups is 1. The summed E-state index contributed by atoms with van der Waals surface area (Å²) in [6.07, 6.45) is 5.10. The number of amides is 2. The Hall–Kier alpha value is -2.64. The van der Waals surface area contributed by atoms with Gasteiger partial charge in [0.15, 0.2) is 5.82 Å². The molecule has 0 saturated carbocycles. The Morgan fingerprint density at radius 3 is 2.76 bits per heavy atom. The molecule has 0 unspecified atom stereocenters. The van der Waals surface area contributed by atoms with E-state index in [1.807, 2.05) is 25.4 Å². The highest BCUT2D eigenvalue weighted by molar-refractivity contribution is 5.78. The molecule has 0 bridgehead atoms. The van der Waals surface area contributed by atoms with Gasteiger partial charge in [-0.15, -0.1) is 0 Å². The van der Waals surface area contributed by atoms with Crippen LogP contribution in [0.5, 0.6) is 0 Å². The van der Waals surface area contributed by atoms with Crippen molar-refractivity contribution in [2.45, 2.75) is 5.54 Å². The van der Waals surface area contributed by atoms with Gasteiger partial charge in [-0.25, -0.2) is 19.4 Å². The van der Waals surface area contributed by atoms with Gasteiger partial charge < -0.3 is 15.1 Å². The molecule has 8 nitrogen and oxygen atoms in total. The second-order valence-electron chi connectivity index (χ2n) is 5.48. The maximum Gasteiger partial charge on any atom is 0.317 e. The van der Waals surface area contributed by atoms with Crippen LogP contribution in [0.4, 0.5) is 10.6 Å². The molecule has 2 aliphatic rings. The van der Waals surface area contributed by atoms with Gasteiger partial charge in [-0.1, -0.05) is 0 Å². The Labute approximate surface area is 121 Å². The minimum atomic E-state index is -0.103. The monoisotopic (exact) mass is 285 g/mol. The van der Waals surface area contributed by atoms with Gasteiger partial charge in [0.1, 0.15) is 12.1 Å². The number of hydrogen-bond acceptors (Lipinski definition) is 5. The zero-order valence-electron chi connectivity index (χ0n) is 11.6. The molecule has 0 radical (unpaired) electrons. The molecule has 108 valence electrons. The van der Waals surface area contributed by atoms with Gasteiger partial charge in [-0.05, 0) is 6.07 Å². The molecule has 2 fully saturated rings. The summed E-state index contributed by atoms with van der Waals surface area (Å²) in [5.41, 5.74) is -0.103. The molecule has 8 heteroatoms. The minimum Gasteiger partial charge on any atom is -0.351 e. The third-order valence-electron chi connectivity index (χ3n) is 4.26. The second-order valence-corrected chi connectivity index (χ2v) is 5.48. The number of likely N-dealkylation sites (N-methyl/N-ethyl adjacent to an activating group) is 1. The van der Waals surface area contributed by atoms with Gasteiger partial charge in [0.2, 0.25) is 0 Å². The molecule has 2 amide bonds. The molecular weight excluding hydrogens is 270 g/mol. The van der Waals surface area contributed by atoms with E-state index in [0.717, 1.165) is 24.7 Å². The molecule has 1 spiro atoms. The van der Waals surface area contributed by atoms with Gasteiger partial charge in [0.25, 0.3) is 0 Å². The van der Waals surface area contributed by atoms with E-state index in [2.05, 4.69) is 25.3 Å². The van der Waals surface area contributed by atoms with Crippen molar-refractivity contribution in [2.24, 2.45) is 0 Å². The highest BCUT2D eigenvalue weighted by Gasteiger charge is 2.52. The van der Waals surface area contributed by atoms with Gasteiger partial charge >= 0.3 is 6.03 Å². The van der Waals surface area contributed by atoms with Crippen LogP contribution in [0.25, 0.3) is 5.82 Å². The fourth-order valence-electron chi connectivity index (χ4n) is 2.88. The largest absolute Gasteiger partial charge is 0.351 e. The molecule has 21 heavy (non-hydrogen) atoms. The molecule has 4 heterocycles. The van der Waals surface area contributed by atoms with Crippen LogP contribution < -0.4 is 10.2 Å². The molecule has 1 N–H and O–H groups in total. The fraction of sp³-hybridized carbons (Fsp3) is 0.385. The third kappa shape index (κ3) is 1.75. The molecule has 0 atom stereocenters. The van der Waals surface area contributed by atoms with Crippen molar-refractivity contribution >= 4 is 11.8 Å². The van der Waals surface area contributed by atoms with Crippen molar-refractivity contribution < 1.29 is 4.79 Å². The van der Waals surface area contributed by atoms with E-state index in [-0.39, 0.29) is 11.6 Å². The van der Waals surface area contributed by atoms with E-state index in [0.29, 0.717) is 6.54 Å². The van der Waals surface area contributed by atoms with Crippen LogP contribution in [0.2, 0.25) is 0 Å². The average molecular weight is 285 g/mol. The maximum absolute atomic E-state index is 11.6. The van der Waals surface area contributed by atoms with Crippen LogP contribution in [-0.4, -0.2) is 62.9 Å². The van der Waals surface area contributed by atoms with Crippen molar-refractivity contribution in [2.75, 3.05) is 31.6 Å². The van der Waals surface area contributed by atoms with Crippen molar-refractivity contribution in [3.8, 4) is 5.82 Å². The summed E-state index contributed by atoms with van der Waals surface area (Å²) in [5, 5.41) is 7.05. The van der Waals surface area contributed by atoms with Gasteiger partial charge in [0, 0.05) is 45.1 Å². The molecule has 4 rings (SSSR count). The van der Waals surface area contributed by atoms with Crippen LogP contribution in [-0.2, 0) is 0 Å². The zero-order chi connectivity index (χ0) is 14.4. The molecule has 2 aromatic heterocycles. The molecule has 2 aliphatic heterocycles. The zero-order valence-corrected chi connectivity index (χ0v) is 11.6. The van der Waals surface area contributed by atoms with Crippen LogP contribution in [0.3, 0.4) is 0 Å². The standard InChI is InChI=1S/C13H15N7O/c1-18-12(21)14-6-13(18)7-19(8-13)10-5-11(16-9-15-10)20-4-2-3-17-20/h2-5,9H,6-8H2,1H3,(H,14,21). The summed E-state index contributed by atoms with van der Waals surface area (Å²) in [4.78, 5) is 24.1. The first-order chi connectivity index (χ1) is 10.2. The first-order valence-electron chi connectivity index (χ1n) is 6.77. The number of nitrogens with zero attached hydrogens (tertiary/aromatic N) is 6. The van der Waals surface area contributed by atoms with Crippen molar-refractivity contribution in [1.29, 1.82) is 0 Å². The van der Waals surface area contributed by atoms with Crippen molar-refractivity contribution in [1.82, 2.24) is 30.0 Å². The fourth-order valence-corrected chi connectivity index (χ4v) is 2.88. The van der Waals surface area contributed by atoms with Gasteiger partial charge in [-0.2, -0.15) is 5.10 Å². The highest BCUT2D eigenvalue weighted by Crippen LogP contribution is 2.33. The smallest absolute Gasteiger partial charge is 0.317 e. The average Bonchev–Trinajstić information content (AvgIpc) is 3.08. The number of carbonyl (C=O) groups excluding carboxylic acids is 1. The molecule has 0 aromatic carbocycles.